The Morgan fingerprint density at radius 3 is 2.56 bits per heavy atom. The van der Waals surface area contributed by atoms with Gasteiger partial charge in [-0.05, 0) is 48.4 Å². The van der Waals surface area contributed by atoms with Gasteiger partial charge in [-0.1, -0.05) is 12.1 Å². The number of anilines is 2. The van der Waals surface area contributed by atoms with Crippen molar-refractivity contribution in [2.45, 2.75) is 6.42 Å². The molecule has 0 saturated carbocycles. The van der Waals surface area contributed by atoms with Crippen molar-refractivity contribution in [1.29, 1.82) is 0 Å². The molecule has 25 heavy (non-hydrogen) atoms. The zero-order valence-electron chi connectivity index (χ0n) is 13.7. The van der Waals surface area contributed by atoms with Gasteiger partial charge in [-0.3, -0.25) is 9.71 Å². The van der Waals surface area contributed by atoms with Crippen LogP contribution in [0.4, 0.5) is 15.8 Å². The summed E-state index contributed by atoms with van der Waals surface area (Å²) in [5.74, 6) is -0.294. The first-order valence-electron chi connectivity index (χ1n) is 7.76. The highest BCUT2D eigenvalue weighted by molar-refractivity contribution is 7.92. The van der Waals surface area contributed by atoms with Crippen LogP contribution in [0.15, 0.2) is 54.7 Å². The van der Waals surface area contributed by atoms with E-state index in [0.717, 1.165) is 34.8 Å². The lowest BCUT2D eigenvalue weighted by molar-refractivity contribution is 0.607. The third-order valence-electron chi connectivity index (χ3n) is 3.69. The molecule has 130 valence electrons. The number of rotatable bonds is 6. The van der Waals surface area contributed by atoms with E-state index < -0.39 is 10.0 Å². The number of fused-ring (bicyclic) bond motifs is 1. The van der Waals surface area contributed by atoms with E-state index in [1.807, 2.05) is 18.2 Å². The van der Waals surface area contributed by atoms with E-state index in [4.69, 9.17) is 0 Å². The molecule has 0 fully saturated rings. The lowest BCUT2D eigenvalue weighted by Crippen LogP contribution is -2.09. The first-order valence-corrected chi connectivity index (χ1v) is 9.65. The third-order valence-corrected chi connectivity index (χ3v) is 4.30. The van der Waals surface area contributed by atoms with Gasteiger partial charge in [0, 0.05) is 29.5 Å². The molecule has 0 aliphatic rings. The summed E-state index contributed by atoms with van der Waals surface area (Å²) in [7, 11) is -3.27. The first-order chi connectivity index (χ1) is 11.9. The van der Waals surface area contributed by atoms with E-state index in [0.29, 0.717) is 12.2 Å². The number of halogens is 1. The van der Waals surface area contributed by atoms with Crippen LogP contribution in [-0.4, -0.2) is 26.2 Å². The van der Waals surface area contributed by atoms with Crippen molar-refractivity contribution in [3.05, 3.63) is 66.1 Å². The topological polar surface area (TPSA) is 71.1 Å². The molecule has 0 bridgehead atoms. The second-order valence-corrected chi connectivity index (χ2v) is 7.52. The first kappa shape index (κ1) is 17.2. The van der Waals surface area contributed by atoms with Crippen molar-refractivity contribution in [2.75, 3.05) is 22.8 Å². The fourth-order valence-electron chi connectivity index (χ4n) is 2.57. The SMILES string of the molecule is CS(=O)(=O)Nc1ccc(CCNc2ccnc3ccc(F)cc23)cc1. The average Bonchev–Trinajstić information content (AvgIpc) is 2.55. The van der Waals surface area contributed by atoms with Crippen LogP contribution in [0.2, 0.25) is 0 Å². The lowest BCUT2D eigenvalue weighted by atomic mass is 10.1. The van der Waals surface area contributed by atoms with Gasteiger partial charge in [0.05, 0.1) is 11.8 Å². The zero-order chi connectivity index (χ0) is 17.9. The van der Waals surface area contributed by atoms with Crippen LogP contribution >= 0.6 is 0 Å². The Morgan fingerprint density at radius 2 is 1.84 bits per heavy atom. The minimum absolute atomic E-state index is 0.294. The van der Waals surface area contributed by atoms with Crippen LogP contribution < -0.4 is 10.0 Å². The van der Waals surface area contributed by atoms with Crippen molar-refractivity contribution in [2.24, 2.45) is 0 Å². The van der Waals surface area contributed by atoms with Crippen LogP contribution in [0.25, 0.3) is 10.9 Å². The van der Waals surface area contributed by atoms with E-state index in [9.17, 15) is 12.8 Å². The molecule has 1 heterocycles. The van der Waals surface area contributed by atoms with Gasteiger partial charge in [0.15, 0.2) is 0 Å². The van der Waals surface area contributed by atoms with Crippen molar-refractivity contribution in [3.63, 3.8) is 0 Å². The number of aromatic nitrogens is 1. The minimum Gasteiger partial charge on any atom is -0.384 e. The fraction of sp³-hybridized carbons (Fsp3) is 0.167. The molecule has 0 unspecified atom stereocenters. The molecule has 0 saturated heterocycles. The molecular formula is C18H18FN3O2S. The van der Waals surface area contributed by atoms with Gasteiger partial charge >= 0.3 is 0 Å². The van der Waals surface area contributed by atoms with Gasteiger partial charge in [-0.2, -0.15) is 0 Å². The highest BCUT2D eigenvalue weighted by Gasteiger charge is 2.04. The maximum absolute atomic E-state index is 13.5. The van der Waals surface area contributed by atoms with Crippen LogP contribution in [0.1, 0.15) is 5.56 Å². The van der Waals surface area contributed by atoms with E-state index in [1.165, 1.54) is 12.1 Å². The van der Waals surface area contributed by atoms with Gasteiger partial charge in [-0.15, -0.1) is 0 Å². The smallest absolute Gasteiger partial charge is 0.229 e. The molecule has 0 spiro atoms. The standard InChI is InChI=1S/C18H18FN3O2S/c1-25(23,24)22-15-5-2-13(3-6-15)8-10-20-18-9-11-21-17-7-4-14(19)12-16(17)18/h2-7,9,11-12,22H,8,10H2,1H3,(H,20,21). The summed E-state index contributed by atoms with van der Waals surface area (Å²) in [6.45, 7) is 0.661. The molecule has 2 N–H and O–H groups in total. The summed E-state index contributed by atoms with van der Waals surface area (Å²) in [6, 6.07) is 13.5. The molecular weight excluding hydrogens is 341 g/mol. The van der Waals surface area contributed by atoms with Gasteiger partial charge in [-0.25, -0.2) is 12.8 Å². The Bertz CT molecular complexity index is 989. The largest absolute Gasteiger partial charge is 0.384 e. The summed E-state index contributed by atoms with van der Waals surface area (Å²) in [5, 5.41) is 4.04. The van der Waals surface area contributed by atoms with Crippen molar-refractivity contribution in [3.8, 4) is 0 Å². The van der Waals surface area contributed by atoms with E-state index in [-0.39, 0.29) is 5.82 Å². The number of benzene rings is 2. The molecule has 7 heteroatoms. The Balaban J connectivity index is 1.64. The number of hydrogen-bond donors (Lipinski definition) is 2. The zero-order valence-corrected chi connectivity index (χ0v) is 14.5. The van der Waals surface area contributed by atoms with Gasteiger partial charge in [0.1, 0.15) is 5.82 Å². The maximum atomic E-state index is 13.5. The van der Waals surface area contributed by atoms with Crippen LogP contribution in [-0.2, 0) is 16.4 Å². The molecule has 0 aliphatic heterocycles. The normalized spacial score (nSPS) is 11.4. The molecule has 0 atom stereocenters. The fourth-order valence-corrected chi connectivity index (χ4v) is 3.13. The highest BCUT2D eigenvalue weighted by atomic mass is 32.2. The maximum Gasteiger partial charge on any atom is 0.229 e. The molecule has 2 aromatic carbocycles. The summed E-state index contributed by atoms with van der Waals surface area (Å²) in [4.78, 5) is 4.23. The Kier molecular flexibility index (Phi) is 4.85. The monoisotopic (exact) mass is 359 g/mol. The third kappa shape index (κ3) is 4.67. The van der Waals surface area contributed by atoms with Crippen molar-refractivity contribution >= 4 is 32.3 Å². The van der Waals surface area contributed by atoms with Gasteiger partial charge in [0.2, 0.25) is 10.0 Å². The summed E-state index contributed by atoms with van der Waals surface area (Å²) in [6.07, 6.45) is 3.55. The summed E-state index contributed by atoms with van der Waals surface area (Å²) >= 11 is 0. The van der Waals surface area contributed by atoms with E-state index in [2.05, 4.69) is 15.0 Å². The molecule has 5 nitrogen and oxygen atoms in total. The molecule has 0 amide bonds. The Labute approximate surface area is 146 Å². The number of nitrogens with zero attached hydrogens (tertiary/aromatic N) is 1. The lowest BCUT2D eigenvalue weighted by Gasteiger charge is -2.10. The molecule has 3 aromatic rings. The predicted molar refractivity (Wildman–Crippen MR) is 98.8 cm³/mol. The van der Waals surface area contributed by atoms with Gasteiger partial charge in [0.25, 0.3) is 0 Å². The second-order valence-electron chi connectivity index (χ2n) is 5.77. The van der Waals surface area contributed by atoms with Gasteiger partial charge < -0.3 is 5.32 Å². The molecule has 0 aliphatic carbocycles. The van der Waals surface area contributed by atoms with Crippen molar-refractivity contribution < 1.29 is 12.8 Å². The molecule has 1 aromatic heterocycles. The van der Waals surface area contributed by atoms with E-state index >= 15 is 0 Å². The van der Waals surface area contributed by atoms with Crippen molar-refractivity contribution in [1.82, 2.24) is 4.98 Å². The molecule has 0 radical (unpaired) electrons. The number of pyridine rings is 1. The van der Waals surface area contributed by atoms with E-state index in [1.54, 1.807) is 24.4 Å². The molecule has 3 rings (SSSR count). The highest BCUT2D eigenvalue weighted by Crippen LogP contribution is 2.22. The van der Waals surface area contributed by atoms with Crippen LogP contribution in [0, 0.1) is 5.82 Å². The minimum atomic E-state index is -3.27. The summed E-state index contributed by atoms with van der Waals surface area (Å²) < 4.78 is 38.3. The van der Waals surface area contributed by atoms with Crippen LogP contribution in [0.3, 0.4) is 0 Å². The summed E-state index contributed by atoms with van der Waals surface area (Å²) in [5.41, 5.74) is 3.17. The predicted octanol–water partition coefficient (Wildman–Crippen LogP) is 3.40. The second kappa shape index (κ2) is 7.06. The van der Waals surface area contributed by atoms with Crippen LogP contribution in [0.5, 0.6) is 0 Å². The number of nitrogens with one attached hydrogen (secondary N) is 2. The quantitative estimate of drug-likeness (QED) is 0.708. The Hall–Kier alpha value is -2.67. The number of sulfonamides is 1. The Morgan fingerprint density at radius 1 is 1.08 bits per heavy atom. The number of hydrogen-bond acceptors (Lipinski definition) is 4. The average molecular weight is 359 g/mol.